The minimum absolute atomic E-state index is 0.224. The van der Waals surface area contributed by atoms with E-state index < -0.39 is 11.9 Å². The van der Waals surface area contributed by atoms with E-state index in [9.17, 15) is 9.59 Å². The van der Waals surface area contributed by atoms with Gasteiger partial charge in [0.1, 0.15) is 17.2 Å². The molecule has 5 rings (SSSR count). The lowest BCUT2D eigenvalue weighted by Gasteiger charge is -2.11. The summed E-state index contributed by atoms with van der Waals surface area (Å²) in [6.45, 7) is 4.12. The number of aryl methyl sites for hydroxylation is 1. The van der Waals surface area contributed by atoms with Crippen LogP contribution in [0.5, 0.6) is 23.0 Å². The summed E-state index contributed by atoms with van der Waals surface area (Å²) in [5.41, 5.74) is 6.64. The predicted octanol–water partition coefficient (Wildman–Crippen LogP) is 7.20. The first kappa shape index (κ1) is 30.2. The van der Waals surface area contributed by atoms with Gasteiger partial charge in [-0.05, 0) is 67.9 Å². The first-order valence-corrected chi connectivity index (χ1v) is 14.1. The van der Waals surface area contributed by atoms with E-state index in [1.54, 1.807) is 62.8 Å². The normalized spacial score (nSPS) is 11.0. The number of fused-ring (bicyclic) bond motifs is 1. The largest absolute Gasteiger partial charge is 0.496 e. The molecule has 5 aromatic rings. The van der Waals surface area contributed by atoms with Gasteiger partial charge in [-0.15, -0.1) is 0 Å². The lowest BCUT2D eigenvalue weighted by molar-refractivity contribution is 0.0728. The molecule has 0 radical (unpaired) electrons. The van der Waals surface area contributed by atoms with Gasteiger partial charge in [-0.1, -0.05) is 47.5 Å². The summed E-state index contributed by atoms with van der Waals surface area (Å²) >= 11 is 6.58. The molecule has 44 heavy (non-hydrogen) atoms. The summed E-state index contributed by atoms with van der Waals surface area (Å²) in [4.78, 5) is 29.4. The fourth-order valence-electron chi connectivity index (χ4n) is 4.72. The van der Waals surface area contributed by atoms with Gasteiger partial charge in [0.25, 0.3) is 5.91 Å². The molecule has 2 N–H and O–H groups in total. The van der Waals surface area contributed by atoms with Crippen LogP contribution >= 0.6 is 11.6 Å². The van der Waals surface area contributed by atoms with E-state index in [0.29, 0.717) is 62.0 Å². The zero-order chi connectivity index (χ0) is 31.2. The van der Waals surface area contributed by atoms with E-state index in [4.69, 9.17) is 30.5 Å². The molecule has 0 saturated heterocycles. The van der Waals surface area contributed by atoms with E-state index in [0.717, 1.165) is 5.56 Å². The van der Waals surface area contributed by atoms with Crippen molar-refractivity contribution in [3.05, 3.63) is 106 Å². The number of carbonyl (C=O) groups excluding carboxylic acids is 2. The SMILES string of the molecule is CCOc1cc(C=NNC(=O)c2[nH]c3c(OC)ccc(OC)c3c2-c2ccccc2Cl)ccc1OC(=O)c1ccc(C)cc1. The van der Waals surface area contributed by atoms with E-state index in [1.807, 2.05) is 44.2 Å². The number of ether oxygens (including phenoxy) is 4. The maximum Gasteiger partial charge on any atom is 0.343 e. The highest BCUT2D eigenvalue weighted by Gasteiger charge is 2.25. The Bertz CT molecular complexity index is 1860. The zero-order valence-electron chi connectivity index (χ0n) is 24.6. The molecule has 10 heteroatoms. The van der Waals surface area contributed by atoms with Gasteiger partial charge in [0, 0.05) is 16.1 Å². The van der Waals surface area contributed by atoms with E-state index >= 15 is 0 Å². The number of aromatic nitrogens is 1. The fourth-order valence-corrected chi connectivity index (χ4v) is 4.95. The Balaban J connectivity index is 1.43. The van der Waals surface area contributed by atoms with Crippen molar-refractivity contribution in [1.29, 1.82) is 0 Å². The molecule has 224 valence electrons. The number of hydrogen-bond donors (Lipinski definition) is 2. The van der Waals surface area contributed by atoms with Crippen molar-refractivity contribution in [2.45, 2.75) is 13.8 Å². The van der Waals surface area contributed by atoms with Crippen LogP contribution < -0.4 is 24.4 Å². The number of halogens is 1. The van der Waals surface area contributed by atoms with Crippen LogP contribution in [0, 0.1) is 6.92 Å². The molecule has 0 fully saturated rings. The van der Waals surface area contributed by atoms with Crippen LogP contribution in [0.25, 0.3) is 22.0 Å². The molecular formula is C34H30ClN3O6. The molecule has 0 aliphatic carbocycles. The second-order valence-electron chi connectivity index (χ2n) is 9.67. The number of carbonyl (C=O) groups is 2. The highest BCUT2D eigenvalue weighted by Crippen LogP contribution is 2.44. The fraction of sp³-hybridized carbons (Fsp3) is 0.147. The van der Waals surface area contributed by atoms with Crippen LogP contribution in [0.15, 0.2) is 84.0 Å². The quantitative estimate of drug-likeness (QED) is 0.0748. The Morgan fingerprint density at radius 3 is 2.32 bits per heavy atom. The molecule has 1 amide bonds. The Hall–Kier alpha value is -5.28. The van der Waals surface area contributed by atoms with Crippen LogP contribution in [0.2, 0.25) is 5.02 Å². The zero-order valence-corrected chi connectivity index (χ0v) is 25.3. The number of nitrogens with zero attached hydrogens (tertiary/aromatic N) is 1. The third-order valence-corrected chi connectivity index (χ3v) is 7.16. The lowest BCUT2D eigenvalue weighted by atomic mass is 10.0. The molecule has 0 saturated carbocycles. The summed E-state index contributed by atoms with van der Waals surface area (Å²) in [5.74, 6) is 0.693. The van der Waals surface area contributed by atoms with Crippen molar-refractivity contribution in [2.24, 2.45) is 5.10 Å². The standard InChI is InChI=1S/C34H30ClN3O6/c1-5-43-28-18-21(12-15-25(28)44-34(40)22-13-10-20(2)11-14-22)19-36-38-33(39)32-29(23-8-6-7-9-24(23)35)30-26(41-3)16-17-27(42-4)31(30)37-32/h6-19,37H,5H2,1-4H3,(H,38,39). The number of methoxy groups -OCH3 is 2. The third-order valence-electron chi connectivity index (χ3n) is 6.83. The summed E-state index contributed by atoms with van der Waals surface area (Å²) in [6.07, 6.45) is 1.46. The van der Waals surface area contributed by atoms with E-state index in [1.165, 1.54) is 6.21 Å². The number of amides is 1. The highest BCUT2D eigenvalue weighted by atomic mass is 35.5. The summed E-state index contributed by atoms with van der Waals surface area (Å²) in [6, 6.07) is 22.8. The average molecular weight is 612 g/mol. The van der Waals surface area contributed by atoms with Gasteiger partial charge in [0.15, 0.2) is 11.5 Å². The Morgan fingerprint density at radius 1 is 0.909 bits per heavy atom. The van der Waals surface area contributed by atoms with E-state index in [2.05, 4.69) is 15.5 Å². The van der Waals surface area contributed by atoms with Crippen LogP contribution in [0.1, 0.15) is 38.9 Å². The minimum atomic E-state index is -0.509. The van der Waals surface area contributed by atoms with Gasteiger partial charge >= 0.3 is 5.97 Å². The molecule has 0 bridgehead atoms. The van der Waals surface area contributed by atoms with Gasteiger partial charge in [0.05, 0.1) is 43.5 Å². The van der Waals surface area contributed by atoms with Crippen molar-refractivity contribution in [2.75, 3.05) is 20.8 Å². The van der Waals surface area contributed by atoms with Gasteiger partial charge in [-0.3, -0.25) is 4.79 Å². The number of hydrazone groups is 1. The van der Waals surface area contributed by atoms with Crippen molar-refractivity contribution in [3.63, 3.8) is 0 Å². The average Bonchev–Trinajstić information content (AvgIpc) is 3.43. The molecule has 1 heterocycles. The molecule has 1 aromatic heterocycles. The molecule has 4 aromatic carbocycles. The number of esters is 1. The Kier molecular flexibility index (Phi) is 9.16. The van der Waals surface area contributed by atoms with Crippen LogP contribution in [0.3, 0.4) is 0 Å². The minimum Gasteiger partial charge on any atom is -0.496 e. The molecule has 0 aliphatic rings. The maximum atomic E-state index is 13.5. The Labute approximate surface area is 259 Å². The first-order valence-electron chi connectivity index (χ1n) is 13.7. The van der Waals surface area contributed by atoms with Crippen LogP contribution in [-0.4, -0.2) is 43.9 Å². The van der Waals surface area contributed by atoms with Gasteiger partial charge in [0.2, 0.25) is 0 Å². The van der Waals surface area contributed by atoms with E-state index in [-0.39, 0.29) is 11.4 Å². The third kappa shape index (κ3) is 6.23. The lowest BCUT2D eigenvalue weighted by Crippen LogP contribution is -2.19. The number of H-pyrrole nitrogens is 1. The van der Waals surface area contributed by atoms with Crippen molar-refractivity contribution in [3.8, 4) is 34.1 Å². The molecule has 0 aliphatic heterocycles. The predicted molar refractivity (Wildman–Crippen MR) is 171 cm³/mol. The second kappa shape index (κ2) is 13.4. The van der Waals surface area contributed by atoms with Gasteiger partial charge in [-0.2, -0.15) is 5.10 Å². The molecule has 9 nitrogen and oxygen atoms in total. The number of benzene rings is 4. The number of nitrogens with one attached hydrogen (secondary N) is 2. The topological polar surface area (TPSA) is 111 Å². The van der Waals surface area contributed by atoms with Crippen molar-refractivity contribution < 1.29 is 28.5 Å². The maximum absolute atomic E-state index is 13.5. The highest BCUT2D eigenvalue weighted by molar-refractivity contribution is 6.34. The number of aromatic amines is 1. The second-order valence-corrected chi connectivity index (χ2v) is 10.1. The molecule has 0 spiro atoms. The van der Waals surface area contributed by atoms with Gasteiger partial charge in [-0.25, -0.2) is 10.2 Å². The monoisotopic (exact) mass is 611 g/mol. The smallest absolute Gasteiger partial charge is 0.343 e. The van der Waals surface area contributed by atoms with Crippen LogP contribution in [0.4, 0.5) is 0 Å². The number of rotatable bonds is 10. The molecule has 0 atom stereocenters. The summed E-state index contributed by atoms with van der Waals surface area (Å²) in [5, 5.41) is 5.28. The molecular weight excluding hydrogens is 582 g/mol. The number of hydrogen-bond acceptors (Lipinski definition) is 7. The van der Waals surface area contributed by atoms with Crippen LogP contribution in [-0.2, 0) is 0 Å². The summed E-state index contributed by atoms with van der Waals surface area (Å²) < 4.78 is 22.5. The van der Waals surface area contributed by atoms with Gasteiger partial charge < -0.3 is 23.9 Å². The summed E-state index contributed by atoms with van der Waals surface area (Å²) in [7, 11) is 3.10. The van der Waals surface area contributed by atoms with Crippen molar-refractivity contribution in [1.82, 2.24) is 10.4 Å². The first-order chi connectivity index (χ1) is 21.3. The Morgan fingerprint density at radius 2 is 1.61 bits per heavy atom. The molecule has 0 unspecified atom stereocenters. The van der Waals surface area contributed by atoms with Crippen molar-refractivity contribution >= 4 is 40.6 Å².